The first-order valence-electron chi connectivity index (χ1n) is 11.6. The molecule has 28 heavy (non-hydrogen) atoms. The smallest absolute Gasteiger partial charge is 0.220 e. The number of fused-ring (bicyclic) bond motifs is 4. The van der Waals surface area contributed by atoms with Gasteiger partial charge in [-0.05, 0) is 86.1 Å². The van der Waals surface area contributed by atoms with E-state index in [9.17, 15) is 4.79 Å². The lowest BCUT2D eigenvalue weighted by atomic mass is 9.50. The van der Waals surface area contributed by atoms with Gasteiger partial charge in [0.15, 0.2) is 0 Å². The highest BCUT2D eigenvalue weighted by Crippen LogP contribution is 2.58. The molecule has 5 rings (SSSR count). The number of piperidine rings is 1. The van der Waals surface area contributed by atoms with Gasteiger partial charge in [-0.15, -0.1) is 0 Å². The summed E-state index contributed by atoms with van der Waals surface area (Å²) in [5, 5.41) is 6.91. The monoisotopic (exact) mass is 380 g/mol. The summed E-state index contributed by atoms with van der Waals surface area (Å²) < 4.78 is 0. The lowest BCUT2D eigenvalue weighted by molar-refractivity contribution is -0.122. The molecule has 4 aliphatic rings. The molecule has 152 valence electrons. The van der Waals surface area contributed by atoms with Gasteiger partial charge in [0.1, 0.15) is 0 Å². The highest BCUT2D eigenvalue weighted by atomic mass is 16.1. The highest BCUT2D eigenvalue weighted by molar-refractivity contribution is 5.76. The number of amides is 1. The zero-order valence-corrected chi connectivity index (χ0v) is 17.4. The maximum absolute atomic E-state index is 12.7. The molecule has 4 fully saturated rings. The minimum atomic E-state index is 0.286. The Morgan fingerprint density at radius 3 is 2.79 bits per heavy atom. The molecule has 3 aliphatic carbocycles. The minimum absolute atomic E-state index is 0.286. The molecule has 4 bridgehead atoms. The summed E-state index contributed by atoms with van der Waals surface area (Å²) in [6.45, 7) is 3.66. The Balaban J connectivity index is 1.22. The van der Waals surface area contributed by atoms with Gasteiger partial charge in [0.2, 0.25) is 5.91 Å². The van der Waals surface area contributed by atoms with E-state index in [-0.39, 0.29) is 5.91 Å². The van der Waals surface area contributed by atoms with Crippen LogP contribution in [0, 0.1) is 17.3 Å². The maximum Gasteiger partial charge on any atom is 0.220 e. The van der Waals surface area contributed by atoms with Crippen LogP contribution in [0.25, 0.3) is 0 Å². The van der Waals surface area contributed by atoms with Gasteiger partial charge in [-0.2, -0.15) is 0 Å². The summed E-state index contributed by atoms with van der Waals surface area (Å²) in [4.78, 5) is 12.7. The molecule has 0 radical (unpaired) electrons. The summed E-state index contributed by atoms with van der Waals surface area (Å²) in [5.41, 5.74) is 2.35. The van der Waals surface area contributed by atoms with E-state index in [4.69, 9.17) is 0 Å². The molecular formula is C25H36N2O. The van der Waals surface area contributed by atoms with Gasteiger partial charge in [0, 0.05) is 18.5 Å². The Labute approximate surface area is 170 Å². The van der Waals surface area contributed by atoms with E-state index in [1.54, 1.807) is 5.56 Å². The van der Waals surface area contributed by atoms with Crippen LogP contribution in [0.5, 0.6) is 0 Å². The fourth-order valence-corrected chi connectivity index (χ4v) is 7.50. The molecular weight excluding hydrogens is 344 g/mol. The van der Waals surface area contributed by atoms with E-state index in [1.807, 2.05) is 0 Å². The second-order valence-corrected chi connectivity index (χ2v) is 10.8. The van der Waals surface area contributed by atoms with Crippen molar-refractivity contribution in [3.63, 3.8) is 0 Å². The second-order valence-electron chi connectivity index (χ2n) is 10.8. The van der Waals surface area contributed by atoms with Crippen molar-refractivity contribution in [3.8, 4) is 0 Å². The van der Waals surface area contributed by atoms with Gasteiger partial charge >= 0.3 is 0 Å². The minimum Gasteiger partial charge on any atom is -0.352 e. The van der Waals surface area contributed by atoms with Crippen molar-refractivity contribution < 1.29 is 4.79 Å². The van der Waals surface area contributed by atoms with Gasteiger partial charge in [-0.1, -0.05) is 43.7 Å². The molecule has 0 spiro atoms. The number of rotatable bonds is 5. The first kappa shape index (κ1) is 18.7. The Bertz CT molecular complexity index is 719. The van der Waals surface area contributed by atoms with Gasteiger partial charge in [-0.25, -0.2) is 0 Å². The van der Waals surface area contributed by atoms with E-state index >= 15 is 0 Å². The van der Waals surface area contributed by atoms with E-state index < -0.39 is 0 Å². The van der Waals surface area contributed by atoms with E-state index in [0.29, 0.717) is 35.3 Å². The van der Waals surface area contributed by atoms with E-state index in [1.165, 1.54) is 51.4 Å². The lowest BCUT2D eigenvalue weighted by Crippen LogP contribution is -2.48. The maximum atomic E-state index is 12.7. The molecule has 3 nitrogen and oxygen atoms in total. The summed E-state index contributed by atoms with van der Waals surface area (Å²) in [6.07, 6.45) is 12.2. The second kappa shape index (κ2) is 7.16. The Kier molecular flexibility index (Phi) is 4.77. The van der Waals surface area contributed by atoms with Crippen LogP contribution in [-0.4, -0.2) is 24.5 Å². The normalized spacial score (nSPS) is 41.8. The fourth-order valence-electron chi connectivity index (χ4n) is 7.50. The zero-order chi connectivity index (χ0) is 19.2. The van der Waals surface area contributed by atoms with E-state index in [2.05, 4.69) is 47.9 Å². The number of carbonyl (C=O) groups excluding carboxylic acids is 1. The Hall–Kier alpha value is -1.35. The predicted molar refractivity (Wildman–Crippen MR) is 113 cm³/mol. The van der Waals surface area contributed by atoms with Crippen LogP contribution < -0.4 is 10.6 Å². The van der Waals surface area contributed by atoms with Crippen molar-refractivity contribution >= 4 is 5.91 Å². The third-order valence-corrected chi connectivity index (χ3v) is 8.50. The van der Waals surface area contributed by atoms with Gasteiger partial charge in [0.25, 0.3) is 0 Å². The molecule has 1 saturated heterocycles. The standard InChI is InChI=1S/C25H36N2O/c1-24-10-5-11-25(17-24,20-6-3-2-4-7-20)15-18(14-24)8-9-23(28)27-22-13-19-12-21(22)26-16-19/h2-4,6-7,18-19,21-22,26H,5,8-17H2,1H3,(H,27,28). The van der Waals surface area contributed by atoms with E-state index in [0.717, 1.165) is 18.9 Å². The topological polar surface area (TPSA) is 41.1 Å². The number of carbonyl (C=O) groups is 1. The molecule has 0 aromatic heterocycles. The fraction of sp³-hybridized carbons (Fsp3) is 0.720. The van der Waals surface area contributed by atoms with Gasteiger partial charge in [0.05, 0.1) is 0 Å². The van der Waals surface area contributed by atoms with Crippen LogP contribution in [-0.2, 0) is 10.2 Å². The number of hydrogen-bond donors (Lipinski definition) is 2. The van der Waals surface area contributed by atoms with Crippen molar-refractivity contribution in [1.82, 2.24) is 10.6 Å². The largest absolute Gasteiger partial charge is 0.352 e. The van der Waals surface area contributed by atoms with Crippen molar-refractivity contribution in [3.05, 3.63) is 35.9 Å². The molecule has 3 saturated carbocycles. The van der Waals surface area contributed by atoms with Crippen LogP contribution in [0.1, 0.15) is 76.7 Å². The molecule has 6 unspecified atom stereocenters. The average Bonchev–Trinajstić information content (AvgIpc) is 3.29. The van der Waals surface area contributed by atoms with Crippen molar-refractivity contribution in [1.29, 1.82) is 0 Å². The summed E-state index contributed by atoms with van der Waals surface area (Å²) >= 11 is 0. The summed E-state index contributed by atoms with van der Waals surface area (Å²) in [6, 6.07) is 12.2. The number of benzene rings is 1. The number of hydrogen-bond acceptors (Lipinski definition) is 2. The summed E-state index contributed by atoms with van der Waals surface area (Å²) in [5.74, 6) is 1.76. The number of nitrogens with one attached hydrogen (secondary N) is 2. The first-order valence-corrected chi connectivity index (χ1v) is 11.6. The third kappa shape index (κ3) is 3.51. The van der Waals surface area contributed by atoms with Crippen LogP contribution in [0.15, 0.2) is 30.3 Å². The highest BCUT2D eigenvalue weighted by Gasteiger charge is 2.49. The molecule has 6 atom stereocenters. The molecule has 1 amide bonds. The van der Waals surface area contributed by atoms with Crippen molar-refractivity contribution in [2.45, 2.75) is 88.6 Å². The van der Waals surface area contributed by atoms with Crippen LogP contribution >= 0.6 is 0 Å². The Morgan fingerprint density at radius 1 is 1.18 bits per heavy atom. The SMILES string of the molecule is CC12CCCC(c3ccccc3)(CC(CCC(=O)NC3CC4CNC3C4)C1)C2. The quantitative estimate of drug-likeness (QED) is 0.786. The van der Waals surface area contributed by atoms with Crippen molar-refractivity contribution in [2.24, 2.45) is 17.3 Å². The van der Waals surface area contributed by atoms with Gasteiger partial charge in [-0.3, -0.25) is 4.79 Å². The van der Waals surface area contributed by atoms with Gasteiger partial charge < -0.3 is 10.6 Å². The first-order chi connectivity index (χ1) is 13.5. The molecule has 1 aromatic carbocycles. The lowest BCUT2D eigenvalue weighted by Gasteiger charge is -2.54. The zero-order valence-electron chi connectivity index (χ0n) is 17.4. The Morgan fingerprint density at radius 2 is 2.04 bits per heavy atom. The molecule has 1 heterocycles. The molecule has 1 aromatic rings. The van der Waals surface area contributed by atoms with Crippen LogP contribution in [0.2, 0.25) is 0 Å². The third-order valence-electron chi connectivity index (χ3n) is 8.50. The predicted octanol–water partition coefficient (Wildman–Crippen LogP) is 4.56. The molecule has 3 heteroatoms. The molecule has 1 aliphatic heterocycles. The van der Waals surface area contributed by atoms with Crippen LogP contribution in [0.4, 0.5) is 0 Å². The summed E-state index contributed by atoms with van der Waals surface area (Å²) in [7, 11) is 0. The molecule has 2 N–H and O–H groups in total. The average molecular weight is 381 g/mol. The van der Waals surface area contributed by atoms with Crippen LogP contribution in [0.3, 0.4) is 0 Å². The van der Waals surface area contributed by atoms with Crippen molar-refractivity contribution in [2.75, 3.05) is 6.54 Å².